The average Bonchev–Trinajstić information content (AvgIpc) is 2.22. The molecule has 1 unspecified atom stereocenters. The van der Waals surface area contributed by atoms with E-state index in [1.165, 1.54) is 6.08 Å². The molecule has 1 fully saturated rings. The van der Waals surface area contributed by atoms with Crippen LogP contribution in [0.2, 0.25) is 0 Å². The zero-order valence-electron chi connectivity index (χ0n) is 9.16. The number of piperidine rings is 1. The molecule has 0 spiro atoms. The topological polar surface area (TPSA) is 58.6 Å². The van der Waals surface area contributed by atoms with E-state index in [1.54, 1.807) is 0 Å². The molecule has 0 aromatic rings. The van der Waals surface area contributed by atoms with Gasteiger partial charge in [-0.3, -0.25) is 0 Å². The van der Waals surface area contributed by atoms with E-state index in [-0.39, 0.29) is 5.97 Å². The smallest absolute Gasteiger partial charge is 0.330 e. The summed E-state index contributed by atoms with van der Waals surface area (Å²) >= 11 is 0. The molecule has 0 aromatic carbocycles. The maximum absolute atomic E-state index is 11.3. The van der Waals surface area contributed by atoms with Gasteiger partial charge in [0.15, 0.2) is 0 Å². The summed E-state index contributed by atoms with van der Waals surface area (Å²) in [4.78, 5) is 11.3. The Bertz CT molecular complexity index is 238. The molecule has 1 aliphatic rings. The molecule has 86 valence electrons. The number of carbonyl (C=O) groups excluding carboxylic acids is 1. The highest BCUT2D eigenvalue weighted by Crippen LogP contribution is 2.09. The first kappa shape index (κ1) is 12.2. The van der Waals surface area contributed by atoms with Crippen molar-refractivity contribution in [1.29, 1.82) is 0 Å². The van der Waals surface area contributed by atoms with Gasteiger partial charge in [0.05, 0.1) is 12.7 Å². The summed E-state index contributed by atoms with van der Waals surface area (Å²) in [6, 6.07) is 0. The van der Waals surface area contributed by atoms with Crippen molar-refractivity contribution in [2.75, 3.05) is 19.7 Å². The number of hydrogen-bond donors (Lipinski definition) is 2. The SMILES string of the molecule is CCCCOC(=O)/C=C1/CNCCC1O. The van der Waals surface area contributed by atoms with Crippen LogP contribution in [0.4, 0.5) is 0 Å². The van der Waals surface area contributed by atoms with Gasteiger partial charge >= 0.3 is 5.97 Å². The zero-order chi connectivity index (χ0) is 11.1. The Morgan fingerprint density at radius 1 is 1.73 bits per heavy atom. The highest BCUT2D eigenvalue weighted by molar-refractivity contribution is 5.83. The lowest BCUT2D eigenvalue weighted by Gasteiger charge is -2.21. The predicted molar refractivity (Wildman–Crippen MR) is 57.4 cm³/mol. The second-order valence-electron chi connectivity index (χ2n) is 3.72. The van der Waals surface area contributed by atoms with Crippen molar-refractivity contribution in [3.63, 3.8) is 0 Å². The van der Waals surface area contributed by atoms with E-state index in [4.69, 9.17) is 4.74 Å². The average molecular weight is 213 g/mol. The van der Waals surface area contributed by atoms with Crippen LogP contribution in [-0.4, -0.2) is 36.9 Å². The summed E-state index contributed by atoms with van der Waals surface area (Å²) in [5, 5.41) is 12.7. The van der Waals surface area contributed by atoms with Gasteiger partial charge in [0.25, 0.3) is 0 Å². The van der Waals surface area contributed by atoms with Crippen molar-refractivity contribution >= 4 is 5.97 Å². The van der Waals surface area contributed by atoms with Gasteiger partial charge in [-0.1, -0.05) is 13.3 Å². The molecule has 0 bridgehead atoms. The van der Waals surface area contributed by atoms with Gasteiger partial charge in [0.2, 0.25) is 0 Å². The van der Waals surface area contributed by atoms with Crippen LogP contribution in [0.25, 0.3) is 0 Å². The summed E-state index contributed by atoms with van der Waals surface area (Å²) in [6.07, 6.45) is 3.47. The number of nitrogens with one attached hydrogen (secondary N) is 1. The molecule has 0 aliphatic carbocycles. The molecular weight excluding hydrogens is 194 g/mol. The Morgan fingerprint density at radius 3 is 3.20 bits per heavy atom. The lowest BCUT2D eigenvalue weighted by molar-refractivity contribution is -0.138. The highest BCUT2D eigenvalue weighted by Gasteiger charge is 2.16. The molecular formula is C11H19NO3. The molecule has 2 N–H and O–H groups in total. The molecule has 0 amide bonds. The van der Waals surface area contributed by atoms with Crippen molar-refractivity contribution in [2.45, 2.75) is 32.3 Å². The summed E-state index contributed by atoms with van der Waals surface area (Å²) in [5.74, 6) is -0.346. The van der Waals surface area contributed by atoms with E-state index in [0.717, 1.165) is 25.0 Å². The minimum absolute atomic E-state index is 0.346. The largest absolute Gasteiger partial charge is 0.463 e. The van der Waals surface area contributed by atoms with E-state index in [0.29, 0.717) is 19.6 Å². The van der Waals surface area contributed by atoms with Crippen molar-refractivity contribution in [3.8, 4) is 0 Å². The van der Waals surface area contributed by atoms with Crippen LogP contribution in [0.15, 0.2) is 11.6 Å². The number of esters is 1. The molecule has 4 nitrogen and oxygen atoms in total. The van der Waals surface area contributed by atoms with Gasteiger partial charge in [-0.2, -0.15) is 0 Å². The number of unbranched alkanes of at least 4 members (excludes halogenated alkanes) is 1. The summed E-state index contributed by atoms with van der Waals surface area (Å²) in [6.45, 7) is 3.87. The molecule has 1 heterocycles. The van der Waals surface area contributed by atoms with E-state index < -0.39 is 6.10 Å². The van der Waals surface area contributed by atoms with Crippen LogP contribution in [0, 0.1) is 0 Å². The van der Waals surface area contributed by atoms with Crippen LogP contribution < -0.4 is 5.32 Å². The molecule has 1 rings (SSSR count). The number of aliphatic hydroxyl groups is 1. The Morgan fingerprint density at radius 2 is 2.53 bits per heavy atom. The molecule has 1 saturated heterocycles. The summed E-state index contributed by atoms with van der Waals surface area (Å²) in [5.41, 5.74) is 0.725. The van der Waals surface area contributed by atoms with Crippen LogP contribution in [0.1, 0.15) is 26.2 Å². The number of carbonyl (C=O) groups is 1. The van der Waals surface area contributed by atoms with Gasteiger partial charge in [0.1, 0.15) is 0 Å². The first-order valence-electron chi connectivity index (χ1n) is 5.50. The van der Waals surface area contributed by atoms with Crippen molar-refractivity contribution in [3.05, 3.63) is 11.6 Å². The molecule has 1 atom stereocenters. The highest BCUT2D eigenvalue weighted by atomic mass is 16.5. The molecule has 0 saturated carbocycles. The standard InChI is InChI=1S/C11H19NO3/c1-2-3-6-15-11(14)7-9-8-12-5-4-10(9)13/h7,10,12-13H,2-6,8H2,1H3/b9-7-. The first-order valence-corrected chi connectivity index (χ1v) is 5.50. The lowest BCUT2D eigenvalue weighted by Crippen LogP contribution is -2.33. The zero-order valence-corrected chi connectivity index (χ0v) is 9.16. The fourth-order valence-corrected chi connectivity index (χ4v) is 1.43. The summed E-state index contributed by atoms with van der Waals surface area (Å²) < 4.78 is 4.98. The lowest BCUT2D eigenvalue weighted by atomic mass is 10.0. The Labute approximate surface area is 90.3 Å². The van der Waals surface area contributed by atoms with Gasteiger partial charge < -0.3 is 15.2 Å². The second-order valence-corrected chi connectivity index (χ2v) is 3.72. The van der Waals surface area contributed by atoms with Crippen LogP contribution >= 0.6 is 0 Å². The van der Waals surface area contributed by atoms with Crippen LogP contribution in [-0.2, 0) is 9.53 Å². The third kappa shape index (κ3) is 4.44. The van der Waals surface area contributed by atoms with E-state index in [9.17, 15) is 9.90 Å². The fraction of sp³-hybridized carbons (Fsp3) is 0.727. The fourth-order valence-electron chi connectivity index (χ4n) is 1.43. The van der Waals surface area contributed by atoms with Crippen molar-refractivity contribution < 1.29 is 14.6 Å². The van der Waals surface area contributed by atoms with Gasteiger partial charge in [-0.15, -0.1) is 0 Å². The second kappa shape index (κ2) is 6.58. The Kier molecular flexibility index (Phi) is 5.36. The normalized spacial score (nSPS) is 24.1. The maximum atomic E-state index is 11.3. The molecule has 0 aromatic heterocycles. The van der Waals surface area contributed by atoms with Crippen molar-refractivity contribution in [2.24, 2.45) is 0 Å². The Hall–Kier alpha value is -0.870. The first-order chi connectivity index (χ1) is 7.24. The monoisotopic (exact) mass is 213 g/mol. The van der Waals surface area contributed by atoms with Crippen LogP contribution in [0.3, 0.4) is 0 Å². The predicted octanol–water partition coefficient (Wildman–Crippen LogP) is 0.610. The van der Waals surface area contributed by atoms with Gasteiger partial charge in [0, 0.05) is 12.6 Å². The van der Waals surface area contributed by atoms with Gasteiger partial charge in [-0.05, 0) is 25.0 Å². The third-order valence-corrected chi connectivity index (χ3v) is 2.40. The number of rotatable bonds is 4. The van der Waals surface area contributed by atoms with E-state index >= 15 is 0 Å². The number of ether oxygens (including phenoxy) is 1. The third-order valence-electron chi connectivity index (χ3n) is 2.40. The van der Waals surface area contributed by atoms with E-state index in [1.807, 2.05) is 6.92 Å². The minimum atomic E-state index is -0.495. The molecule has 0 radical (unpaired) electrons. The molecule has 15 heavy (non-hydrogen) atoms. The molecule has 1 aliphatic heterocycles. The minimum Gasteiger partial charge on any atom is -0.463 e. The summed E-state index contributed by atoms with van der Waals surface area (Å²) in [7, 11) is 0. The van der Waals surface area contributed by atoms with Crippen molar-refractivity contribution in [1.82, 2.24) is 5.32 Å². The van der Waals surface area contributed by atoms with E-state index in [2.05, 4.69) is 5.32 Å². The Balaban J connectivity index is 2.35. The van der Waals surface area contributed by atoms with Gasteiger partial charge in [-0.25, -0.2) is 4.79 Å². The van der Waals surface area contributed by atoms with Crippen LogP contribution in [0.5, 0.6) is 0 Å². The number of aliphatic hydroxyl groups excluding tert-OH is 1. The molecule has 4 heteroatoms. The number of hydrogen-bond acceptors (Lipinski definition) is 4. The maximum Gasteiger partial charge on any atom is 0.330 e. The quantitative estimate of drug-likeness (QED) is 0.408.